The SMILES string of the molecule is Cn1cc(N)cc1C(=O)Nc1cc(C(=O)Nc2ccc3cc(S(=O)(=O)O)cc(S(=O)(=O)O)c3c2)n(C)n1. The van der Waals surface area contributed by atoms with Gasteiger partial charge in [-0.05, 0) is 35.7 Å². The van der Waals surface area contributed by atoms with E-state index in [1.54, 1.807) is 13.2 Å². The highest BCUT2D eigenvalue weighted by Crippen LogP contribution is 2.30. The first-order valence-corrected chi connectivity index (χ1v) is 13.1. The number of benzene rings is 2. The van der Waals surface area contributed by atoms with Gasteiger partial charge in [0.2, 0.25) is 0 Å². The molecule has 0 radical (unpaired) electrons. The molecule has 2 aromatic carbocycles. The molecule has 0 bridgehead atoms. The lowest BCUT2D eigenvalue weighted by Crippen LogP contribution is -2.16. The second-order valence-corrected chi connectivity index (χ2v) is 10.8. The van der Waals surface area contributed by atoms with Crippen molar-refractivity contribution < 1.29 is 35.5 Å². The van der Waals surface area contributed by atoms with Gasteiger partial charge in [0.05, 0.1) is 10.6 Å². The maximum absolute atomic E-state index is 12.9. The highest BCUT2D eigenvalue weighted by Gasteiger charge is 2.22. The second-order valence-electron chi connectivity index (χ2n) is 8.02. The highest BCUT2D eigenvalue weighted by molar-refractivity contribution is 7.86. The van der Waals surface area contributed by atoms with Crippen LogP contribution in [0, 0.1) is 0 Å². The standard InChI is InChI=1S/C21H20N6O8S2/c1-26-10-12(22)6-16(26)20(28)24-19-9-17(27(2)25-19)21(29)23-13-4-3-11-5-14(36(30,31)32)8-18(15(11)7-13)37(33,34)35/h3-10H,22H2,1-2H3,(H,23,29)(H,24,25,28)(H,30,31,32)(H,33,34,35). The topological polar surface area (TPSA) is 216 Å². The zero-order valence-corrected chi connectivity index (χ0v) is 20.8. The Bertz CT molecular complexity index is 1810. The van der Waals surface area contributed by atoms with Gasteiger partial charge in [0, 0.05) is 37.4 Å². The smallest absolute Gasteiger partial charge is 0.295 e. The van der Waals surface area contributed by atoms with Crippen LogP contribution in [0.2, 0.25) is 0 Å². The molecule has 2 heterocycles. The third-order valence-electron chi connectivity index (χ3n) is 5.34. The van der Waals surface area contributed by atoms with Crippen molar-refractivity contribution in [3.63, 3.8) is 0 Å². The number of anilines is 3. The molecule has 6 N–H and O–H groups in total. The number of hydrogen-bond donors (Lipinski definition) is 5. The van der Waals surface area contributed by atoms with E-state index in [0.29, 0.717) is 11.8 Å². The van der Waals surface area contributed by atoms with E-state index in [-0.39, 0.29) is 33.7 Å². The molecule has 4 rings (SSSR count). The fourth-order valence-electron chi connectivity index (χ4n) is 3.67. The van der Waals surface area contributed by atoms with E-state index in [2.05, 4.69) is 15.7 Å². The Kier molecular flexibility index (Phi) is 6.28. The normalized spacial score (nSPS) is 12.0. The molecule has 2 amide bonds. The summed E-state index contributed by atoms with van der Waals surface area (Å²) < 4.78 is 68.4. The molecule has 0 unspecified atom stereocenters. The fraction of sp³-hybridized carbons (Fsp3) is 0.0952. The molecular formula is C21H20N6O8S2. The van der Waals surface area contributed by atoms with Crippen LogP contribution in [0.1, 0.15) is 21.0 Å². The zero-order chi connectivity index (χ0) is 27.3. The third kappa shape index (κ3) is 5.31. The molecule has 0 aliphatic heterocycles. The number of amides is 2. The van der Waals surface area contributed by atoms with Gasteiger partial charge in [0.1, 0.15) is 16.3 Å². The Labute approximate surface area is 210 Å². The van der Waals surface area contributed by atoms with Crippen LogP contribution in [0.15, 0.2) is 58.5 Å². The van der Waals surface area contributed by atoms with Gasteiger partial charge in [0.15, 0.2) is 5.82 Å². The number of rotatable bonds is 6. The van der Waals surface area contributed by atoms with Gasteiger partial charge in [-0.15, -0.1) is 0 Å². The molecule has 16 heteroatoms. The van der Waals surface area contributed by atoms with E-state index in [4.69, 9.17) is 5.73 Å². The Morgan fingerprint density at radius 2 is 1.57 bits per heavy atom. The monoisotopic (exact) mass is 548 g/mol. The largest absolute Gasteiger partial charge is 0.397 e. The second kappa shape index (κ2) is 9.00. The Morgan fingerprint density at radius 1 is 0.892 bits per heavy atom. The first-order chi connectivity index (χ1) is 17.1. The Balaban J connectivity index is 1.63. The average Bonchev–Trinajstić information content (AvgIpc) is 3.32. The van der Waals surface area contributed by atoms with E-state index in [0.717, 1.165) is 6.07 Å². The maximum Gasteiger partial charge on any atom is 0.295 e. The summed E-state index contributed by atoms with van der Waals surface area (Å²) in [6.45, 7) is 0. The summed E-state index contributed by atoms with van der Waals surface area (Å²) in [5.74, 6) is -1.08. The highest BCUT2D eigenvalue weighted by atomic mass is 32.2. The number of aromatic nitrogens is 3. The molecule has 4 aromatic rings. The molecule has 0 aliphatic carbocycles. The van der Waals surface area contributed by atoms with Crippen LogP contribution in [0.5, 0.6) is 0 Å². The van der Waals surface area contributed by atoms with E-state index in [9.17, 15) is 35.5 Å². The lowest BCUT2D eigenvalue weighted by Gasteiger charge is -2.10. The van der Waals surface area contributed by atoms with Crippen molar-refractivity contribution in [2.45, 2.75) is 9.79 Å². The Morgan fingerprint density at radius 3 is 2.16 bits per heavy atom. The summed E-state index contributed by atoms with van der Waals surface area (Å²) >= 11 is 0. The number of carbonyl (C=O) groups is 2. The van der Waals surface area contributed by atoms with Crippen molar-refractivity contribution in [3.05, 3.63) is 60.0 Å². The quantitative estimate of drug-likeness (QED) is 0.219. The molecule has 0 atom stereocenters. The number of nitrogens with zero attached hydrogens (tertiary/aromatic N) is 3. The van der Waals surface area contributed by atoms with Crippen molar-refractivity contribution >= 4 is 60.0 Å². The maximum atomic E-state index is 12.9. The first kappa shape index (κ1) is 25.8. The van der Waals surface area contributed by atoms with E-state index in [1.165, 1.54) is 46.6 Å². The van der Waals surface area contributed by atoms with Crippen molar-refractivity contribution in [1.82, 2.24) is 14.3 Å². The van der Waals surface area contributed by atoms with E-state index in [1.807, 2.05) is 0 Å². The number of aryl methyl sites for hydroxylation is 2. The lowest BCUT2D eigenvalue weighted by atomic mass is 10.1. The number of hydrogen-bond acceptors (Lipinski definition) is 8. The van der Waals surface area contributed by atoms with Crippen LogP contribution in [0.4, 0.5) is 17.2 Å². The van der Waals surface area contributed by atoms with E-state index >= 15 is 0 Å². The van der Waals surface area contributed by atoms with Crippen molar-refractivity contribution in [3.8, 4) is 0 Å². The van der Waals surface area contributed by atoms with Crippen molar-refractivity contribution in [2.75, 3.05) is 16.4 Å². The molecule has 194 valence electrons. The number of fused-ring (bicyclic) bond motifs is 1. The summed E-state index contributed by atoms with van der Waals surface area (Å²) in [7, 11) is -6.55. The molecule has 0 aliphatic rings. The molecule has 14 nitrogen and oxygen atoms in total. The predicted molar refractivity (Wildman–Crippen MR) is 133 cm³/mol. The van der Waals surface area contributed by atoms with Crippen LogP contribution in [-0.2, 0) is 34.3 Å². The number of nitrogens with two attached hydrogens (primary N) is 1. The molecule has 0 saturated carbocycles. The third-order valence-corrected chi connectivity index (χ3v) is 7.06. The van der Waals surface area contributed by atoms with Gasteiger partial charge < -0.3 is 20.9 Å². The van der Waals surface area contributed by atoms with Gasteiger partial charge >= 0.3 is 0 Å². The summed E-state index contributed by atoms with van der Waals surface area (Å²) in [6, 6.07) is 8.29. The fourth-order valence-corrected chi connectivity index (χ4v) is 5.02. The van der Waals surface area contributed by atoms with Crippen LogP contribution < -0.4 is 16.4 Å². The average molecular weight is 549 g/mol. The number of nitrogen functional groups attached to an aromatic ring is 1. The molecule has 0 fully saturated rings. The van der Waals surface area contributed by atoms with Gasteiger partial charge in [-0.1, -0.05) is 6.07 Å². The van der Waals surface area contributed by atoms with Crippen LogP contribution in [-0.4, -0.2) is 52.1 Å². The minimum Gasteiger partial charge on any atom is -0.397 e. The van der Waals surface area contributed by atoms with E-state index < -0.39 is 41.8 Å². The minimum absolute atomic E-state index is 0.0403. The summed E-state index contributed by atoms with van der Waals surface area (Å²) in [6.07, 6.45) is 1.56. The zero-order valence-electron chi connectivity index (χ0n) is 19.2. The number of nitrogens with one attached hydrogen (secondary N) is 2. The summed E-state index contributed by atoms with van der Waals surface area (Å²) in [5, 5.41) is 9.17. The first-order valence-electron chi connectivity index (χ1n) is 10.2. The van der Waals surface area contributed by atoms with Gasteiger partial charge in [-0.2, -0.15) is 21.9 Å². The summed E-state index contributed by atoms with van der Waals surface area (Å²) in [5.41, 5.74) is 6.51. The molecule has 0 spiro atoms. The lowest BCUT2D eigenvalue weighted by molar-refractivity contribution is 0.101. The molecule has 37 heavy (non-hydrogen) atoms. The molecule has 0 saturated heterocycles. The van der Waals surface area contributed by atoms with Gasteiger partial charge in [0.25, 0.3) is 32.1 Å². The Hall–Kier alpha value is -4.25. The predicted octanol–water partition coefficient (Wildman–Crippen LogP) is 1.49. The van der Waals surface area contributed by atoms with Gasteiger partial charge in [-0.25, -0.2) is 0 Å². The molecular weight excluding hydrogens is 528 g/mol. The summed E-state index contributed by atoms with van der Waals surface area (Å²) in [4.78, 5) is 23.9. The van der Waals surface area contributed by atoms with Crippen LogP contribution >= 0.6 is 0 Å². The van der Waals surface area contributed by atoms with Crippen molar-refractivity contribution in [1.29, 1.82) is 0 Å². The molecule has 2 aromatic heterocycles. The van der Waals surface area contributed by atoms with Crippen LogP contribution in [0.25, 0.3) is 10.8 Å². The van der Waals surface area contributed by atoms with Crippen LogP contribution in [0.3, 0.4) is 0 Å². The minimum atomic E-state index is -4.90. The van der Waals surface area contributed by atoms with Gasteiger partial charge in [-0.3, -0.25) is 23.4 Å². The number of carbonyl (C=O) groups excluding carboxylic acids is 2. The van der Waals surface area contributed by atoms with Crippen molar-refractivity contribution in [2.24, 2.45) is 14.1 Å².